The third-order valence-electron chi connectivity index (χ3n) is 2.80. The molecule has 3 N–H and O–H groups in total. The first kappa shape index (κ1) is 13.5. The highest BCUT2D eigenvalue weighted by Gasteiger charge is 2.22. The number of hydrogen-bond acceptors (Lipinski definition) is 2. The molecule has 0 spiro atoms. The number of nitrogens with two attached hydrogens (primary N) is 1. The monoisotopic (exact) mass is 285 g/mol. The lowest BCUT2D eigenvalue weighted by molar-refractivity contribution is 0.436. The zero-order valence-corrected chi connectivity index (χ0v) is 11.9. The Morgan fingerprint density at radius 2 is 1.94 bits per heavy atom. The normalized spacial score (nSPS) is 13.9. The zero-order chi connectivity index (χ0) is 12.5. The zero-order valence-electron chi connectivity index (χ0n) is 10.3. The van der Waals surface area contributed by atoms with Gasteiger partial charge < -0.3 is 10.8 Å². The molecule has 0 fully saturated rings. The molecule has 0 aromatic heterocycles. The second-order valence-electron chi connectivity index (χ2n) is 5.28. The van der Waals surface area contributed by atoms with Gasteiger partial charge in [-0.25, -0.2) is 0 Å². The van der Waals surface area contributed by atoms with E-state index in [1.807, 2.05) is 19.1 Å². The molecule has 16 heavy (non-hydrogen) atoms. The number of aromatic hydroxyl groups is 1. The Hall–Kier alpha value is -0.540. The van der Waals surface area contributed by atoms with Crippen LogP contribution in [0.15, 0.2) is 16.6 Å². The summed E-state index contributed by atoms with van der Waals surface area (Å²) in [5, 5.41) is 10.3. The van der Waals surface area contributed by atoms with Crippen LogP contribution in [-0.4, -0.2) is 11.7 Å². The summed E-state index contributed by atoms with van der Waals surface area (Å²) < 4.78 is 0.991. The predicted octanol–water partition coefficient (Wildman–Crippen LogP) is 3.51. The van der Waals surface area contributed by atoms with Gasteiger partial charge in [0, 0.05) is 10.0 Å². The number of rotatable bonds is 2. The lowest BCUT2D eigenvalue weighted by Gasteiger charge is -2.24. The topological polar surface area (TPSA) is 46.2 Å². The van der Waals surface area contributed by atoms with Crippen LogP contribution in [0.4, 0.5) is 0 Å². The van der Waals surface area contributed by atoms with Crippen molar-refractivity contribution < 1.29 is 5.11 Å². The maximum absolute atomic E-state index is 10.3. The molecule has 0 aliphatic carbocycles. The summed E-state index contributed by atoms with van der Waals surface area (Å²) in [4.78, 5) is 0. The molecule has 0 amide bonds. The van der Waals surface area contributed by atoms with Gasteiger partial charge in [0.15, 0.2) is 0 Å². The maximum atomic E-state index is 10.3. The smallest absolute Gasteiger partial charge is 0.122 e. The number of hydrogen-bond donors (Lipinski definition) is 2. The average molecular weight is 286 g/mol. The molecule has 0 heterocycles. The van der Waals surface area contributed by atoms with E-state index in [0.717, 1.165) is 15.6 Å². The van der Waals surface area contributed by atoms with Gasteiger partial charge in [0.2, 0.25) is 0 Å². The average Bonchev–Trinajstić information content (AvgIpc) is 2.18. The molecule has 0 saturated heterocycles. The third-order valence-corrected chi connectivity index (χ3v) is 3.25. The van der Waals surface area contributed by atoms with E-state index >= 15 is 0 Å². The summed E-state index contributed by atoms with van der Waals surface area (Å²) in [6.07, 6.45) is 0. The van der Waals surface area contributed by atoms with Gasteiger partial charge >= 0.3 is 0 Å². The first-order valence-corrected chi connectivity index (χ1v) is 6.29. The molecule has 0 aliphatic rings. The quantitative estimate of drug-likeness (QED) is 0.873. The van der Waals surface area contributed by atoms with Gasteiger partial charge in [-0.05, 0) is 35.6 Å². The predicted molar refractivity (Wildman–Crippen MR) is 72.0 cm³/mol. The summed E-state index contributed by atoms with van der Waals surface area (Å²) in [5.41, 5.74) is 7.46. The summed E-state index contributed by atoms with van der Waals surface area (Å²) in [6, 6.07) is 3.92. The van der Waals surface area contributed by atoms with E-state index < -0.39 is 0 Å². The third kappa shape index (κ3) is 2.77. The van der Waals surface area contributed by atoms with Crippen molar-refractivity contribution in [3.8, 4) is 5.75 Å². The van der Waals surface area contributed by atoms with E-state index in [-0.39, 0.29) is 11.3 Å². The van der Waals surface area contributed by atoms with Crippen molar-refractivity contribution in [1.82, 2.24) is 0 Å². The van der Waals surface area contributed by atoms with Crippen molar-refractivity contribution in [3.05, 3.63) is 27.7 Å². The van der Waals surface area contributed by atoms with Crippen molar-refractivity contribution in [2.24, 2.45) is 5.73 Å². The van der Waals surface area contributed by atoms with Crippen LogP contribution in [0.2, 0.25) is 0 Å². The summed E-state index contributed by atoms with van der Waals surface area (Å²) in [7, 11) is 0. The second kappa shape index (κ2) is 4.76. The fraction of sp³-hybridized carbons (Fsp3) is 0.538. The Balaban J connectivity index is 3.38. The van der Waals surface area contributed by atoms with E-state index in [1.165, 1.54) is 0 Å². The Bertz CT molecular complexity index is 382. The Morgan fingerprint density at radius 3 is 2.38 bits per heavy atom. The van der Waals surface area contributed by atoms with Gasteiger partial charge in [0.05, 0.1) is 0 Å². The summed E-state index contributed by atoms with van der Waals surface area (Å²) >= 11 is 3.49. The van der Waals surface area contributed by atoms with Crippen LogP contribution < -0.4 is 5.73 Å². The fourth-order valence-corrected chi connectivity index (χ4v) is 2.17. The fourth-order valence-electron chi connectivity index (χ4n) is 1.69. The highest BCUT2D eigenvalue weighted by molar-refractivity contribution is 9.10. The SMILES string of the molecule is CC(CN)c1cc(Br)cc(C(C)(C)C)c1O. The minimum absolute atomic E-state index is 0.0725. The Kier molecular flexibility index (Phi) is 4.02. The van der Waals surface area contributed by atoms with Crippen molar-refractivity contribution >= 4 is 15.9 Å². The van der Waals surface area contributed by atoms with Gasteiger partial charge in [-0.3, -0.25) is 0 Å². The molecule has 1 atom stereocenters. The van der Waals surface area contributed by atoms with E-state index in [1.54, 1.807) is 0 Å². The van der Waals surface area contributed by atoms with Crippen LogP contribution in [0.1, 0.15) is 44.7 Å². The van der Waals surface area contributed by atoms with Gasteiger partial charge in [0.1, 0.15) is 5.75 Å². The first-order valence-electron chi connectivity index (χ1n) is 5.50. The highest BCUT2D eigenvalue weighted by atomic mass is 79.9. The molecule has 1 unspecified atom stereocenters. The molecule has 2 nitrogen and oxygen atoms in total. The summed E-state index contributed by atoms with van der Waals surface area (Å²) in [5.74, 6) is 0.548. The standard InChI is InChI=1S/C13H20BrNO/c1-8(7-15)10-5-9(14)6-11(12(10)16)13(2,3)4/h5-6,8,16H,7,15H2,1-4H3. The van der Waals surface area contributed by atoms with Crippen LogP contribution in [0.25, 0.3) is 0 Å². The van der Waals surface area contributed by atoms with Crippen molar-refractivity contribution in [3.63, 3.8) is 0 Å². The number of phenols is 1. The van der Waals surface area contributed by atoms with Gasteiger partial charge in [-0.1, -0.05) is 43.6 Å². The van der Waals surface area contributed by atoms with Crippen LogP contribution in [0, 0.1) is 0 Å². The molecular weight excluding hydrogens is 266 g/mol. The van der Waals surface area contributed by atoms with Gasteiger partial charge in [-0.15, -0.1) is 0 Å². The Morgan fingerprint density at radius 1 is 1.38 bits per heavy atom. The molecule has 0 bridgehead atoms. The van der Waals surface area contributed by atoms with E-state index in [2.05, 4.69) is 36.7 Å². The number of phenolic OH excluding ortho intramolecular Hbond substituents is 1. The molecule has 0 saturated carbocycles. The number of halogens is 1. The van der Waals surface area contributed by atoms with Crippen molar-refractivity contribution in [2.45, 2.75) is 39.0 Å². The lowest BCUT2D eigenvalue weighted by atomic mass is 9.83. The van der Waals surface area contributed by atoms with E-state index in [4.69, 9.17) is 5.73 Å². The van der Waals surface area contributed by atoms with Crippen molar-refractivity contribution in [2.75, 3.05) is 6.54 Å². The molecule has 0 radical (unpaired) electrons. The minimum Gasteiger partial charge on any atom is -0.507 e. The Labute approximate surface area is 106 Å². The molecule has 1 aromatic rings. The summed E-state index contributed by atoms with van der Waals surface area (Å²) in [6.45, 7) is 8.82. The maximum Gasteiger partial charge on any atom is 0.122 e. The van der Waals surface area contributed by atoms with E-state index in [9.17, 15) is 5.11 Å². The molecule has 90 valence electrons. The highest BCUT2D eigenvalue weighted by Crippen LogP contribution is 2.38. The lowest BCUT2D eigenvalue weighted by Crippen LogP contribution is -2.15. The second-order valence-corrected chi connectivity index (χ2v) is 6.19. The van der Waals surface area contributed by atoms with Gasteiger partial charge in [-0.2, -0.15) is 0 Å². The minimum atomic E-state index is -0.0725. The van der Waals surface area contributed by atoms with Crippen LogP contribution in [0.5, 0.6) is 5.75 Å². The van der Waals surface area contributed by atoms with Crippen LogP contribution in [-0.2, 0) is 5.41 Å². The van der Waals surface area contributed by atoms with Gasteiger partial charge in [0.25, 0.3) is 0 Å². The van der Waals surface area contributed by atoms with Crippen LogP contribution in [0.3, 0.4) is 0 Å². The van der Waals surface area contributed by atoms with Crippen LogP contribution >= 0.6 is 15.9 Å². The number of benzene rings is 1. The molecule has 3 heteroatoms. The molecule has 1 aromatic carbocycles. The van der Waals surface area contributed by atoms with Crippen molar-refractivity contribution in [1.29, 1.82) is 0 Å². The molecule has 0 aliphatic heterocycles. The largest absolute Gasteiger partial charge is 0.507 e. The first-order chi connectivity index (χ1) is 7.27. The molecule has 1 rings (SSSR count). The van der Waals surface area contributed by atoms with E-state index in [0.29, 0.717) is 12.3 Å². The molecular formula is C13H20BrNO.